The first kappa shape index (κ1) is 17.0. The molecule has 1 aromatic heterocycles. The number of hydrogen-bond donors (Lipinski definition) is 1. The molecule has 0 atom stereocenters. The number of hydrogen-bond acceptors (Lipinski definition) is 4. The molecule has 0 fully saturated rings. The van der Waals surface area contributed by atoms with Gasteiger partial charge in [-0.05, 0) is 37.3 Å². The second-order valence-electron chi connectivity index (χ2n) is 5.41. The summed E-state index contributed by atoms with van der Waals surface area (Å²) in [6.07, 6.45) is 0. The van der Waals surface area contributed by atoms with Crippen molar-refractivity contribution in [3.05, 3.63) is 70.5 Å². The first-order chi connectivity index (χ1) is 12.1. The number of carbonyl (C=O) groups is 1. The molecule has 6 nitrogen and oxygen atoms in total. The number of carbonyl (C=O) groups excluding carboxylic acids is 1. The van der Waals surface area contributed by atoms with Gasteiger partial charge in [-0.25, -0.2) is 4.68 Å². The molecule has 1 N–H and O–H groups in total. The number of amides is 1. The topological polar surface area (TPSA) is 69.0 Å². The number of aromatic nitrogens is 3. The maximum atomic E-state index is 12.4. The number of methoxy groups -OCH3 is 1. The van der Waals surface area contributed by atoms with Crippen molar-refractivity contribution in [3.8, 4) is 11.4 Å². The molecule has 0 bridgehead atoms. The van der Waals surface area contributed by atoms with Crippen molar-refractivity contribution in [2.75, 3.05) is 7.11 Å². The Morgan fingerprint density at radius 1 is 1.20 bits per heavy atom. The van der Waals surface area contributed by atoms with E-state index in [-0.39, 0.29) is 11.6 Å². The third-order valence-electron chi connectivity index (χ3n) is 3.81. The van der Waals surface area contributed by atoms with Crippen molar-refractivity contribution in [2.24, 2.45) is 0 Å². The van der Waals surface area contributed by atoms with Crippen molar-refractivity contribution in [1.82, 2.24) is 20.3 Å². The van der Waals surface area contributed by atoms with Gasteiger partial charge < -0.3 is 10.1 Å². The van der Waals surface area contributed by atoms with E-state index >= 15 is 0 Å². The van der Waals surface area contributed by atoms with Crippen molar-refractivity contribution < 1.29 is 9.53 Å². The fourth-order valence-electron chi connectivity index (χ4n) is 2.47. The number of nitrogens with one attached hydrogen (secondary N) is 1. The number of ether oxygens (including phenoxy) is 1. The molecule has 2 aromatic carbocycles. The van der Waals surface area contributed by atoms with E-state index in [1.165, 1.54) is 0 Å². The minimum absolute atomic E-state index is 0.282. The van der Waals surface area contributed by atoms with Crippen LogP contribution in [0, 0.1) is 6.92 Å². The van der Waals surface area contributed by atoms with Crippen LogP contribution in [0.25, 0.3) is 5.69 Å². The highest BCUT2D eigenvalue weighted by Gasteiger charge is 2.17. The molecule has 7 heteroatoms. The highest BCUT2D eigenvalue weighted by atomic mass is 35.5. The van der Waals surface area contributed by atoms with E-state index < -0.39 is 0 Å². The van der Waals surface area contributed by atoms with Gasteiger partial charge in [0, 0.05) is 17.1 Å². The second kappa shape index (κ2) is 7.36. The Labute approximate surface area is 150 Å². The van der Waals surface area contributed by atoms with Crippen LogP contribution in [0.2, 0.25) is 5.02 Å². The van der Waals surface area contributed by atoms with E-state index in [0.717, 1.165) is 17.0 Å². The normalized spacial score (nSPS) is 10.5. The van der Waals surface area contributed by atoms with E-state index in [2.05, 4.69) is 15.6 Å². The SMILES string of the molecule is COc1ccccc1CNC(=O)c1nnn(-c2ccc(Cl)cc2)c1C. The summed E-state index contributed by atoms with van der Waals surface area (Å²) in [5, 5.41) is 11.6. The Hall–Kier alpha value is -2.86. The smallest absolute Gasteiger partial charge is 0.274 e. The lowest BCUT2D eigenvalue weighted by Crippen LogP contribution is -2.24. The summed E-state index contributed by atoms with van der Waals surface area (Å²) in [5.74, 6) is 0.438. The van der Waals surface area contributed by atoms with E-state index in [0.29, 0.717) is 17.3 Å². The summed E-state index contributed by atoms with van der Waals surface area (Å²) in [6.45, 7) is 2.14. The summed E-state index contributed by atoms with van der Waals surface area (Å²) in [4.78, 5) is 12.4. The third kappa shape index (κ3) is 3.64. The van der Waals surface area contributed by atoms with E-state index in [1.54, 1.807) is 30.8 Å². The lowest BCUT2D eigenvalue weighted by molar-refractivity contribution is 0.0945. The molecule has 25 heavy (non-hydrogen) atoms. The Kier molecular flexibility index (Phi) is 5.00. The van der Waals surface area contributed by atoms with Gasteiger partial charge in [-0.2, -0.15) is 0 Å². The highest BCUT2D eigenvalue weighted by Crippen LogP contribution is 2.18. The van der Waals surface area contributed by atoms with Crippen LogP contribution in [0.4, 0.5) is 0 Å². The molecule has 0 aliphatic carbocycles. The molecular formula is C18H17ClN4O2. The first-order valence-corrected chi connectivity index (χ1v) is 8.06. The zero-order valence-corrected chi connectivity index (χ0v) is 14.6. The zero-order valence-electron chi connectivity index (χ0n) is 13.9. The molecule has 0 saturated heterocycles. The summed E-state index contributed by atoms with van der Waals surface area (Å²) in [7, 11) is 1.60. The molecule has 0 spiro atoms. The molecule has 3 rings (SSSR count). The Balaban J connectivity index is 1.76. The minimum atomic E-state index is -0.288. The summed E-state index contributed by atoms with van der Waals surface area (Å²) in [6, 6.07) is 14.7. The van der Waals surface area contributed by atoms with Gasteiger partial charge in [-0.15, -0.1) is 5.10 Å². The number of halogens is 1. The van der Waals surface area contributed by atoms with Crippen LogP contribution in [0.5, 0.6) is 5.75 Å². The van der Waals surface area contributed by atoms with Crippen LogP contribution in [0.15, 0.2) is 48.5 Å². The van der Waals surface area contributed by atoms with Gasteiger partial charge >= 0.3 is 0 Å². The average Bonchev–Trinajstić information content (AvgIpc) is 3.02. The maximum absolute atomic E-state index is 12.4. The molecule has 0 aliphatic heterocycles. The molecule has 128 valence electrons. The van der Waals surface area contributed by atoms with Gasteiger partial charge in [0.2, 0.25) is 0 Å². The Morgan fingerprint density at radius 3 is 2.64 bits per heavy atom. The van der Waals surface area contributed by atoms with Gasteiger partial charge in [-0.3, -0.25) is 4.79 Å². The van der Waals surface area contributed by atoms with Crippen LogP contribution >= 0.6 is 11.6 Å². The van der Waals surface area contributed by atoms with Gasteiger partial charge in [0.1, 0.15) is 5.75 Å². The highest BCUT2D eigenvalue weighted by molar-refractivity contribution is 6.30. The van der Waals surface area contributed by atoms with Crippen molar-refractivity contribution >= 4 is 17.5 Å². The van der Waals surface area contributed by atoms with Gasteiger partial charge in [0.25, 0.3) is 5.91 Å². The summed E-state index contributed by atoms with van der Waals surface area (Å²) in [5.41, 5.74) is 2.61. The quantitative estimate of drug-likeness (QED) is 0.762. The molecule has 1 amide bonds. The fraction of sp³-hybridized carbons (Fsp3) is 0.167. The van der Waals surface area contributed by atoms with E-state index in [4.69, 9.17) is 16.3 Å². The molecule has 0 saturated carbocycles. The van der Waals surface area contributed by atoms with E-state index in [9.17, 15) is 4.79 Å². The monoisotopic (exact) mass is 356 g/mol. The fourth-order valence-corrected chi connectivity index (χ4v) is 2.60. The van der Waals surface area contributed by atoms with Crippen LogP contribution in [-0.4, -0.2) is 28.0 Å². The molecule has 3 aromatic rings. The van der Waals surface area contributed by atoms with Crippen LogP contribution in [0.1, 0.15) is 21.7 Å². The summed E-state index contributed by atoms with van der Waals surface area (Å²) >= 11 is 5.90. The van der Waals surface area contributed by atoms with Gasteiger partial charge in [-0.1, -0.05) is 35.0 Å². The van der Waals surface area contributed by atoms with E-state index in [1.807, 2.05) is 36.4 Å². The van der Waals surface area contributed by atoms with Crippen molar-refractivity contribution in [3.63, 3.8) is 0 Å². The van der Waals surface area contributed by atoms with Crippen LogP contribution in [0.3, 0.4) is 0 Å². The first-order valence-electron chi connectivity index (χ1n) is 7.68. The second-order valence-corrected chi connectivity index (χ2v) is 5.84. The largest absolute Gasteiger partial charge is 0.496 e. The van der Waals surface area contributed by atoms with Crippen molar-refractivity contribution in [2.45, 2.75) is 13.5 Å². The Bertz CT molecular complexity index is 890. The molecule has 1 heterocycles. The number of rotatable bonds is 5. The van der Waals surface area contributed by atoms with Crippen molar-refractivity contribution in [1.29, 1.82) is 0 Å². The molecule has 0 radical (unpaired) electrons. The maximum Gasteiger partial charge on any atom is 0.274 e. The lowest BCUT2D eigenvalue weighted by atomic mass is 10.2. The van der Waals surface area contributed by atoms with Gasteiger partial charge in [0.15, 0.2) is 5.69 Å². The molecule has 0 aliphatic rings. The minimum Gasteiger partial charge on any atom is -0.496 e. The van der Waals surface area contributed by atoms with Gasteiger partial charge in [0.05, 0.1) is 18.5 Å². The predicted molar refractivity (Wildman–Crippen MR) is 95.3 cm³/mol. The van der Waals surface area contributed by atoms with Crippen LogP contribution < -0.4 is 10.1 Å². The number of nitrogens with zero attached hydrogens (tertiary/aromatic N) is 3. The number of para-hydroxylation sites is 1. The average molecular weight is 357 g/mol. The predicted octanol–water partition coefficient (Wildman–Crippen LogP) is 3.17. The molecule has 0 unspecified atom stereocenters. The molecular weight excluding hydrogens is 340 g/mol. The standard InChI is InChI=1S/C18H17ClN4O2/c1-12-17(21-22-23(12)15-9-7-14(19)8-10-15)18(24)20-11-13-5-3-4-6-16(13)25-2/h3-10H,11H2,1-2H3,(H,20,24). The Morgan fingerprint density at radius 2 is 1.92 bits per heavy atom. The summed E-state index contributed by atoms with van der Waals surface area (Å²) < 4.78 is 6.89. The number of benzene rings is 2. The van der Waals surface area contributed by atoms with Crippen LogP contribution in [-0.2, 0) is 6.54 Å². The zero-order chi connectivity index (χ0) is 17.8. The third-order valence-corrected chi connectivity index (χ3v) is 4.06. The lowest BCUT2D eigenvalue weighted by Gasteiger charge is -2.09.